The number of methoxy groups -OCH3 is 1. The van der Waals surface area contributed by atoms with Crippen LogP contribution in [0.1, 0.15) is 39.4 Å². The molecule has 0 saturated carbocycles. The summed E-state index contributed by atoms with van der Waals surface area (Å²) in [5.74, 6) is 0.901. The maximum atomic E-state index is 6.49. The third-order valence-electron chi connectivity index (χ3n) is 3.83. The Morgan fingerprint density at radius 3 is 2.00 bits per heavy atom. The fourth-order valence-corrected chi connectivity index (χ4v) is 2.94. The normalized spacial score (nSPS) is 12.3. The van der Waals surface area contributed by atoms with E-state index in [-0.39, 0.29) is 6.04 Å². The molecule has 0 aliphatic carbocycles. The van der Waals surface area contributed by atoms with Crippen molar-refractivity contribution in [1.82, 2.24) is 0 Å². The lowest BCUT2D eigenvalue weighted by Gasteiger charge is -2.20. The highest BCUT2D eigenvalue weighted by Crippen LogP contribution is 2.29. The van der Waals surface area contributed by atoms with Crippen LogP contribution in [0.3, 0.4) is 0 Å². The Morgan fingerprint density at radius 1 is 0.900 bits per heavy atom. The molecule has 0 saturated heterocycles. The van der Waals surface area contributed by atoms with E-state index >= 15 is 0 Å². The molecule has 0 spiro atoms. The number of hydrogen-bond donors (Lipinski definition) is 1. The van der Waals surface area contributed by atoms with Gasteiger partial charge in [-0.3, -0.25) is 0 Å². The summed E-state index contributed by atoms with van der Waals surface area (Å²) >= 11 is 0. The first-order chi connectivity index (χ1) is 9.43. The van der Waals surface area contributed by atoms with Crippen molar-refractivity contribution >= 4 is 0 Å². The lowest BCUT2D eigenvalue weighted by atomic mass is 9.90. The standard InChI is InChI=1S/C18H23NO/c1-11-8-13(3)17(14(4)9-11)18(19)15-6-7-16(20-5)12(2)10-15/h6-10,18H,19H2,1-5H3. The lowest BCUT2D eigenvalue weighted by molar-refractivity contribution is 0.411. The van der Waals surface area contributed by atoms with Gasteiger partial charge in [0.05, 0.1) is 13.2 Å². The number of nitrogens with two attached hydrogens (primary N) is 1. The van der Waals surface area contributed by atoms with E-state index in [0.29, 0.717) is 0 Å². The van der Waals surface area contributed by atoms with Gasteiger partial charge in [0, 0.05) is 0 Å². The van der Waals surface area contributed by atoms with Crippen molar-refractivity contribution in [3.05, 3.63) is 63.7 Å². The minimum atomic E-state index is -0.0970. The van der Waals surface area contributed by atoms with Crippen LogP contribution in [0.5, 0.6) is 5.75 Å². The minimum absolute atomic E-state index is 0.0970. The van der Waals surface area contributed by atoms with Crippen LogP contribution >= 0.6 is 0 Å². The Labute approximate surface area is 121 Å². The first kappa shape index (κ1) is 14.6. The summed E-state index contributed by atoms with van der Waals surface area (Å²) in [5, 5.41) is 0. The summed E-state index contributed by atoms with van der Waals surface area (Å²) < 4.78 is 5.31. The second-order valence-electron chi connectivity index (χ2n) is 5.52. The summed E-state index contributed by atoms with van der Waals surface area (Å²) in [6, 6.07) is 10.4. The van der Waals surface area contributed by atoms with E-state index in [2.05, 4.69) is 45.0 Å². The van der Waals surface area contributed by atoms with Crippen molar-refractivity contribution in [3.63, 3.8) is 0 Å². The van der Waals surface area contributed by atoms with Gasteiger partial charge in [0.25, 0.3) is 0 Å². The summed E-state index contributed by atoms with van der Waals surface area (Å²) in [6.07, 6.45) is 0. The van der Waals surface area contributed by atoms with Gasteiger partial charge in [-0.1, -0.05) is 29.8 Å². The zero-order valence-corrected chi connectivity index (χ0v) is 12.9. The second kappa shape index (κ2) is 5.68. The van der Waals surface area contributed by atoms with Crippen LogP contribution in [0.15, 0.2) is 30.3 Å². The summed E-state index contributed by atoms with van der Waals surface area (Å²) in [5.41, 5.74) is 13.7. The first-order valence-electron chi connectivity index (χ1n) is 6.92. The van der Waals surface area contributed by atoms with E-state index in [0.717, 1.165) is 16.9 Å². The highest BCUT2D eigenvalue weighted by atomic mass is 16.5. The van der Waals surface area contributed by atoms with Gasteiger partial charge in [-0.2, -0.15) is 0 Å². The maximum absolute atomic E-state index is 6.49. The van der Waals surface area contributed by atoms with Gasteiger partial charge in [-0.15, -0.1) is 0 Å². The Kier molecular flexibility index (Phi) is 4.15. The molecule has 0 aliphatic heterocycles. The van der Waals surface area contributed by atoms with Crippen molar-refractivity contribution in [3.8, 4) is 5.75 Å². The third kappa shape index (κ3) is 2.70. The highest BCUT2D eigenvalue weighted by Gasteiger charge is 2.15. The number of ether oxygens (including phenoxy) is 1. The molecule has 0 aromatic heterocycles. The zero-order chi connectivity index (χ0) is 14.9. The smallest absolute Gasteiger partial charge is 0.121 e. The van der Waals surface area contributed by atoms with Crippen LogP contribution in [-0.2, 0) is 0 Å². The van der Waals surface area contributed by atoms with Crippen LogP contribution in [0.25, 0.3) is 0 Å². The molecule has 0 fully saturated rings. The number of hydrogen-bond acceptors (Lipinski definition) is 2. The van der Waals surface area contributed by atoms with Crippen LogP contribution < -0.4 is 10.5 Å². The fraction of sp³-hybridized carbons (Fsp3) is 0.333. The van der Waals surface area contributed by atoms with Gasteiger partial charge in [-0.05, 0) is 61.6 Å². The molecule has 2 heteroatoms. The molecule has 0 heterocycles. The van der Waals surface area contributed by atoms with E-state index < -0.39 is 0 Å². The van der Waals surface area contributed by atoms with Crippen LogP contribution in [0.2, 0.25) is 0 Å². The molecule has 2 aromatic carbocycles. The van der Waals surface area contributed by atoms with Gasteiger partial charge in [0.1, 0.15) is 5.75 Å². The molecule has 2 aromatic rings. The zero-order valence-electron chi connectivity index (χ0n) is 12.9. The Morgan fingerprint density at radius 2 is 1.50 bits per heavy atom. The Hall–Kier alpha value is -1.80. The maximum Gasteiger partial charge on any atom is 0.121 e. The summed E-state index contributed by atoms with van der Waals surface area (Å²) in [7, 11) is 1.69. The van der Waals surface area contributed by atoms with Gasteiger partial charge in [-0.25, -0.2) is 0 Å². The SMILES string of the molecule is COc1ccc(C(N)c2c(C)cc(C)cc2C)cc1C. The Bertz CT molecular complexity index is 608. The van der Waals surface area contributed by atoms with Gasteiger partial charge in [0.15, 0.2) is 0 Å². The monoisotopic (exact) mass is 269 g/mol. The van der Waals surface area contributed by atoms with Gasteiger partial charge < -0.3 is 10.5 Å². The van der Waals surface area contributed by atoms with Crippen molar-refractivity contribution < 1.29 is 4.74 Å². The van der Waals surface area contributed by atoms with Crippen molar-refractivity contribution in [1.29, 1.82) is 0 Å². The van der Waals surface area contributed by atoms with Gasteiger partial charge >= 0.3 is 0 Å². The molecule has 0 bridgehead atoms. The molecule has 2 rings (SSSR count). The van der Waals surface area contributed by atoms with Gasteiger partial charge in [0.2, 0.25) is 0 Å². The van der Waals surface area contributed by atoms with E-state index in [1.165, 1.54) is 22.3 Å². The molecule has 0 amide bonds. The fourth-order valence-electron chi connectivity index (χ4n) is 2.94. The predicted molar refractivity (Wildman–Crippen MR) is 84.4 cm³/mol. The molecule has 0 radical (unpaired) electrons. The predicted octanol–water partition coefficient (Wildman–Crippen LogP) is 3.98. The average Bonchev–Trinajstić information content (AvgIpc) is 2.37. The van der Waals surface area contributed by atoms with Crippen molar-refractivity contribution in [2.24, 2.45) is 5.73 Å². The van der Waals surface area contributed by atoms with E-state index in [4.69, 9.17) is 10.5 Å². The van der Waals surface area contributed by atoms with E-state index in [1.54, 1.807) is 7.11 Å². The van der Waals surface area contributed by atoms with Crippen LogP contribution in [-0.4, -0.2) is 7.11 Å². The Balaban J connectivity index is 2.46. The molecule has 2 nitrogen and oxygen atoms in total. The topological polar surface area (TPSA) is 35.2 Å². The molecular weight excluding hydrogens is 246 g/mol. The second-order valence-corrected chi connectivity index (χ2v) is 5.52. The van der Waals surface area contributed by atoms with Crippen LogP contribution in [0.4, 0.5) is 0 Å². The minimum Gasteiger partial charge on any atom is -0.496 e. The number of rotatable bonds is 3. The molecule has 1 atom stereocenters. The molecular formula is C18H23NO. The molecule has 2 N–H and O–H groups in total. The molecule has 0 aliphatic rings. The first-order valence-corrected chi connectivity index (χ1v) is 6.92. The summed E-state index contributed by atoms with van der Waals surface area (Å²) in [6.45, 7) is 8.42. The largest absolute Gasteiger partial charge is 0.496 e. The van der Waals surface area contributed by atoms with Crippen molar-refractivity contribution in [2.75, 3.05) is 7.11 Å². The van der Waals surface area contributed by atoms with E-state index in [1.807, 2.05) is 13.0 Å². The number of benzene rings is 2. The van der Waals surface area contributed by atoms with Crippen molar-refractivity contribution in [2.45, 2.75) is 33.7 Å². The van der Waals surface area contributed by atoms with E-state index in [9.17, 15) is 0 Å². The molecule has 20 heavy (non-hydrogen) atoms. The quantitative estimate of drug-likeness (QED) is 0.914. The highest BCUT2D eigenvalue weighted by molar-refractivity contribution is 5.46. The average molecular weight is 269 g/mol. The summed E-state index contributed by atoms with van der Waals surface area (Å²) in [4.78, 5) is 0. The molecule has 106 valence electrons. The number of aryl methyl sites for hydroxylation is 4. The third-order valence-corrected chi connectivity index (χ3v) is 3.83. The van der Waals surface area contributed by atoms with Crippen LogP contribution in [0, 0.1) is 27.7 Å². The lowest BCUT2D eigenvalue weighted by Crippen LogP contribution is -2.15. The molecule has 1 unspecified atom stereocenters.